The number of ether oxygens (including phenoxy) is 1. The smallest absolute Gasteiger partial charge is 0.268 e. The zero-order valence-corrected chi connectivity index (χ0v) is 11.9. The van der Waals surface area contributed by atoms with Gasteiger partial charge in [-0.1, -0.05) is 6.07 Å². The molecule has 100 valence electrons. The van der Waals surface area contributed by atoms with Crippen LogP contribution in [-0.4, -0.2) is 5.91 Å². The third-order valence-electron chi connectivity index (χ3n) is 2.57. The number of aryl methyl sites for hydroxylation is 1. The molecule has 1 aromatic heterocycles. The van der Waals surface area contributed by atoms with Crippen molar-refractivity contribution in [1.82, 2.24) is 5.43 Å². The van der Waals surface area contributed by atoms with Gasteiger partial charge in [0.2, 0.25) is 0 Å². The van der Waals surface area contributed by atoms with Crippen LogP contribution in [0.1, 0.15) is 21.7 Å². The number of carbonyl (C=O) groups is 1. The molecule has 1 aromatic carbocycles. The van der Waals surface area contributed by atoms with Gasteiger partial charge in [-0.25, -0.2) is 5.84 Å². The number of hydrogen-bond donors (Lipinski definition) is 2. The third kappa shape index (κ3) is 3.15. The number of carbonyl (C=O) groups excluding carboxylic acids is 1. The van der Waals surface area contributed by atoms with Crippen LogP contribution in [0.5, 0.6) is 5.75 Å². The van der Waals surface area contributed by atoms with Crippen molar-refractivity contribution >= 4 is 21.8 Å². The van der Waals surface area contributed by atoms with Crippen molar-refractivity contribution in [1.29, 1.82) is 0 Å². The molecule has 0 radical (unpaired) electrons. The van der Waals surface area contributed by atoms with Crippen molar-refractivity contribution in [3.63, 3.8) is 0 Å². The van der Waals surface area contributed by atoms with Gasteiger partial charge >= 0.3 is 0 Å². The van der Waals surface area contributed by atoms with Crippen molar-refractivity contribution in [2.75, 3.05) is 0 Å². The topological polar surface area (TPSA) is 77.5 Å². The number of halogens is 1. The first-order valence-corrected chi connectivity index (χ1v) is 6.37. The molecule has 3 N–H and O–H groups in total. The molecule has 0 aliphatic rings. The summed E-state index contributed by atoms with van der Waals surface area (Å²) in [6.07, 6.45) is 1.42. The van der Waals surface area contributed by atoms with Crippen molar-refractivity contribution in [2.24, 2.45) is 5.84 Å². The first-order chi connectivity index (χ1) is 9.11. The molecule has 2 rings (SSSR count). The standard InChI is InChI=1S/C13H13BrN2O3/c1-8-2-3-11(10(14)6-8)19-7-12-9(4-5-18-12)13(17)16-15/h2-6H,7,15H2,1H3,(H,16,17). The predicted octanol–water partition coefficient (Wildman–Crippen LogP) is 2.53. The minimum atomic E-state index is -0.407. The second-order valence-electron chi connectivity index (χ2n) is 3.95. The van der Waals surface area contributed by atoms with Gasteiger partial charge in [0, 0.05) is 0 Å². The minimum absolute atomic E-state index is 0.150. The number of nitrogen functional groups attached to an aromatic ring is 1. The molecule has 0 bridgehead atoms. The van der Waals surface area contributed by atoms with Gasteiger partial charge in [0.05, 0.1) is 16.3 Å². The first-order valence-electron chi connectivity index (χ1n) is 5.58. The average molecular weight is 325 g/mol. The van der Waals surface area contributed by atoms with Crippen LogP contribution in [0.15, 0.2) is 39.4 Å². The van der Waals surface area contributed by atoms with E-state index in [0.717, 1.165) is 10.0 Å². The van der Waals surface area contributed by atoms with Crippen LogP contribution in [0.2, 0.25) is 0 Å². The van der Waals surface area contributed by atoms with E-state index in [9.17, 15) is 4.79 Å². The van der Waals surface area contributed by atoms with Crippen LogP contribution >= 0.6 is 15.9 Å². The molecule has 0 spiro atoms. The quantitative estimate of drug-likeness (QED) is 0.514. The number of furan rings is 1. The fourth-order valence-corrected chi connectivity index (χ4v) is 2.21. The lowest BCUT2D eigenvalue weighted by atomic mass is 10.2. The second kappa shape index (κ2) is 5.90. The van der Waals surface area contributed by atoms with Crippen molar-refractivity contribution in [3.05, 3.63) is 51.9 Å². The Hall–Kier alpha value is -1.79. The van der Waals surface area contributed by atoms with E-state index in [1.54, 1.807) is 6.07 Å². The zero-order chi connectivity index (χ0) is 13.8. The molecule has 0 unspecified atom stereocenters. The monoisotopic (exact) mass is 324 g/mol. The van der Waals surface area contributed by atoms with E-state index in [-0.39, 0.29) is 6.61 Å². The van der Waals surface area contributed by atoms with Crippen molar-refractivity contribution in [3.8, 4) is 5.75 Å². The van der Waals surface area contributed by atoms with Crippen molar-refractivity contribution in [2.45, 2.75) is 13.5 Å². The Bertz CT molecular complexity index is 595. The SMILES string of the molecule is Cc1ccc(OCc2occc2C(=O)NN)c(Br)c1. The fraction of sp³-hybridized carbons (Fsp3) is 0.154. The number of hydrazine groups is 1. The van der Waals surface area contributed by atoms with Gasteiger partial charge in [-0.15, -0.1) is 0 Å². The highest BCUT2D eigenvalue weighted by molar-refractivity contribution is 9.10. The Labute approximate surface area is 118 Å². The highest BCUT2D eigenvalue weighted by Crippen LogP contribution is 2.27. The molecule has 0 fully saturated rings. The number of amides is 1. The highest BCUT2D eigenvalue weighted by atomic mass is 79.9. The maximum atomic E-state index is 11.5. The number of hydrogen-bond acceptors (Lipinski definition) is 4. The van der Waals surface area contributed by atoms with E-state index >= 15 is 0 Å². The Balaban J connectivity index is 2.10. The Kier molecular flexibility index (Phi) is 4.24. The fourth-order valence-electron chi connectivity index (χ4n) is 1.60. The van der Waals surface area contributed by atoms with E-state index in [2.05, 4.69) is 21.4 Å². The van der Waals surface area contributed by atoms with Gasteiger partial charge < -0.3 is 9.15 Å². The van der Waals surface area contributed by atoms with Crippen LogP contribution in [0.25, 0.3) is 0 Å². The Morgan fingerprint density at radius 2 is 2.26 bits per heavy atom. The minimum Gasteiger partial charge on any atom is -0.484 e. The number of benzene rings is 1. The lowest BCUT2D eigenvalue weighted by Gasteiger charge is -2.08. The largest absolute Gasteiger partial charge is 0.484 e. The first kappa shape index (κ1) is 13.6. The zero-order valence-electron chi connectivity index (χ0n) is 10.3. The predicted molar refractivity (Wildman–Crippen MR) is 73.6 cm³/mol. The molecule has 0 saturated heterocycles. The summed E-state index contributed by atoms with van der Waals surface area (Å²) in [6, 6.07) is 7.29. The lowest BCUT2D eigenvalue weighted by molar-refractivity contribution is 0.0949. The Morgan fingerprint density at radius 3 is 2.95 bits per heavy atom. The molecule has 1 amide bonds. The third-order valence-corrected chi connectivity index (χ3v) is 3.19. The summed E-state index contributed by atoms with van der Waals surface area (Å²) in [5.74, 6) is 5.79. The van der Waals surface area contributed by atoms with Gasteiger partial charge in [-0.2, -0.15) is 0 Å². The van der Waals surface area contributed by atoms with E-state index in [4.69, 9.17) is 15.0 Å². The van der Waals surface area contributed by atoms with Gasteiger partial charge in [-0.05, 0) is 46.6 Å². The average Bonchev–Trinajstić information content (AvgIpc) is 2.85. The summed E-state index contributed by atoms with van der Waals surface area (Å²) in [5.41, 5.74) is 3.55. The van der Waals surface area contributed by atoms with Crippen molar-refractivity contribution < 1.29 is 13.9 Å². The molecule has 0 saturated carbocycles. The number of nitrogens with two attached hydrogens (primary N) is 1. The molecule has 2 aromatic rings. The molecular formula is C13H13BrN2O3. The molecule has 0 aliphatic carbocycles. The molecule has 1 heterocycles. The summed E-state index contributed by atoms with van der Waals surface area (Å²) >= 11 is 3.42. The molecule has 6 heteroatoms. The summed E-state index contributed by atoms with van der Waals surface area (Å²) in [5, 5.41) is 0. The molecule has 0 atom stereocenters. The van der Waals surface area contributed by atoms with Gasteiger partial charge in [0.25, 0.3) is 5.91 Å². The van der Waals surface area contributed by atoms with E-state index in [1.165, 1.54) is 6.26 Å². The van der Waals surface area contributed by atoms with Gasteiger partial charge in [-0.3, -0.25) is 10.2 Å². The molecule has 5 nitrogen and oxygen atoms in total. The van der Waals surface area contributed by atoms with Gasteiger partial charge in [0.1, 0.15) is 12.4 Å². The van der Waals surface area contributed by atoms with Crippen LogP contribution in [0, 0.1) is 6.92 Å². The molecule has 19 heavy (non-hydrogen) atoms. The summed E-state index contributed by atoms with van der Waals surface area (Å²) < 4.78 is 11.7. The number of rotatable bonds is 4. The molecular weight excluding hydrogens is 312 g/mol. The van der Waals surface area contributed by atoms with Crippen LogP contribution in [-0.2, 0) is 6.61 Å². The summed E-state index contributed by atoms with van der Waals surface area (Å²) in [4.78, 5) is 11.5. The van der Waals surface area contributed by atoms with E-state index in [0.29, 0.717) is 17.1 Å². The summed E-state index contributed by atoms with van der Waals surface area (Å²) in [6.45, 7) is 2.14. The maximum Gasteiger partial charge on any atom is 0.268 e. The molecule has 0 aliphatic heterocycles. The Morgan fingerprint density at radius 1 is 1.47 bits per heavy atom. The number of nitrogens with one attached hydrogen (secondary N) is 1. The van der Waals surface area contributed by atoms with Crippen LogP contribution < -0.4 is 16.0 Å². The summed E-state index contributed by atoms with van der Waals surface area (Å²) in [7, 11) is 0. The normalized spacial score (nSPS) is 10.3. The highest BCUT2D eigenvalue weighted by Gasteiger charge is 2.14. The van der Waals surface area contributed by atoms with Crippen LogP contribution in [0.3, 0.4) is 0 Å². The van der Waals surface area contributed by atoms with E-state index in [1.807, 2.05) is 25.1 Å². The maximum absolute atomic E-state index is 11.5. The second-order valence-corrected chi connectivity index (χ2v) is 4.81. The lowest BCUT2D eigenvalue weighted by Crippen LogP contribution is -2.30. The van der Waals surface area contributed by atoms with Gasteiger partial charge in [0.15, 0.2) is 5.76 Å². The van der Waals surface area contributed by atoms with E-state index < -0.39 is 5.91 Å². The van der Waals surface area contributed by atoms with Crippen LogP contribution in [0.4, 0.5) is 0 Å².